The van der Waals surface area contributed by atoms with Crippen LogP contribution in [0.15, 0.2) is 10.7 Å². The van der Waals surface area contributed by atoms with Gasteiger partial charge in [-0.25, -0.2) is 15.8 Å². The number of hydrogen-bond acceptors (Lipinski definition) is 4. The Morgan fingerprint density at radius 3 is 2.92 bits per heavy atom. The number of nitrogens with two attached hydrogens (primary N) is 1. The van der Waals surface area contributed by atoms with Gasteiger partial charge in [0.05, 0.1) is 4.47 Å². The molecule has 12 heavy (non-hydrogen) atoms. The molecule has 0 atom stereocenters. The van der Waals surface area contributed by atoms with Gasteiger partial charge in [0.15, 0.2) is 5.82 Å². The lowest BCUT2D eigenvalue weighted by molar-refractivity contribution is 0.920. The van der Waals surface area contributed by atoms with Crippen LogP contribution < -0.4 is 11.3 Å². The Hall–Kier alpha value is -0.680. The molecule has 0 aliphatic heterocycles. The van der Waals surface area contributed by atoms with Gasteiger partial charge in [0.2, 0.25) is 0 Å². The van der Waals surface area contributed by atoms with Crippen LogP contribution in [0.25, 0.3) is 0 Å². The summed E-state index contributed by atoms with van der Waals surface area (Å²) in [7, 11) is 0. The molecule has 1 aromatic heterocycles. The van der Waals surface area contributed by atoms with Crippen LogP contribution in [0, 0.1) is 0 Å². The summed E-state index contributed by atoms with van der Waals surface area (Å²) >= 11 is 3.29. The number of halogens is 1. The average molecular weight is 229 g/mol. The highest BCUT2D eigenvalue weighted by atomic mass is 79.9. The standard InChI is InChI=1S/C7H9BrN4/c8-5-3-10-6(4-1-2-4)11-7(5)12-9/h3-4H,1-2,9H2,(H,10,11,12). The van der Waals surface area contributed by atoms with Crippen LogP contribution in [0.5, 0.6) is 0 Å². The van der Waals surface area contributed by atoms with Crippen molar-refractivity contribution in [3.63, 3.8) is 0 Å². The Kier molecular flexibility index (Phi) is 1.98. The molecule has 1 aliphatic rings. The lowest BCUT2D eigenvalue weighted by Gasteiger charge is -2.03. The highest BCUT2D eigenvalue weighted by molar-refractivity contribution is 9.10. The van der Waals surface area contributed by atoms with Crippen molar-refractivity contribution < 1.29 is 0 Å². The normalized spacial score (nSPS) is 16.2. The number of hydrazine groups is 1. The molecule has 2 rings (SSSR count). The van der Waals surface area contributed by atoms with Crippen molar-refractivity contribution in [1.29, 1.82) is 0 Å². The Bertz CT molecular complexity index is 297. The van der Waals surface area contributed by atoms with E-state index in [0.717, 1.165) is 10.3 Å². The molecule has 64 valence electrons. The monoisotopic (exact) mass is 228 g/mol. The molecule has 0 radical (unpaired) electrons. The van der Waals surface area contributed by atoms with Crippen molar-refractivity contribution in [1.82, 2.24) is 9.97 Å². The smallest absolute Gasteiger partial charge is 0.158 e. The zero-order chi connectivity index (χ0) is 8.55. The van der Waals surface area contributed by atoms with Crippen molar-refractivity contribution in [2.45, 2.75) is 18.8 Å². The van der Waals surface area contributed by atoms with Gasteiger partial charge in [-0.2, -0.15) is 0 Å². The number of nitrogens with zero attached hydrogens (tertiary/aromatic N) is 2. The van der Waals surface area contributed by atoms with Crippen LogP contribution in [0.4, 0.5) is 5.82 Å². The fourth-order valence-electron chi connectivity index (χ4n) is 1.02. The summed E-state index contributed by atoms with van der Waals surface area (Å²) in [6.07, 6.45) is 4.13. The van der Waals surface area contributed by atoms with E-state index in [4.69, 9.17) is 5.84 Å². The molecule has 0 unspecified atom stereocenters. The summed E-state index contributed by atoms with van der Waals surface area (Å²) in [6, 6.07) is 0. The quantitative estimate of drug-likeness (QED) is 0.594. The maximum absolute atomic E-state index is 5.27. The number of hydrogen-bond donors (Lipinski definition) is 2. The van der Waals surface area contributed by atoms with Gasteiger partial charge in [-0.05, 0) is 28.8 Å². The van der Waals surface area contributed by atoms with Crippen molar-refractivity contribution >= 4 is 21.7 Å². The Balaban J connectivity index is 2.33. The average Bonchev–Trinajstić information content (AvgIpc) is 2.88. The molecule has 1 aliphatic carbocycles. The minimum absolute atomic E-state index is 0.560. The van der Waals surface area contributed by atoms with Crippen molar-refractivity contribution in [2.75, 3.05) is 5.43 Å². The van der Waals surface area contributed by atoms with Gasteiger partial charge in [-0.3, -0.25) is 0 Å². The third kappa shape index (κ3) is 1.42. The number of nitrogen functional groups attached to an aromatic ring is 1. The summed E-state index contributed by atoms with van der Waals surface area (Å²) in [5.74, 6) is 7.38. The molecule has 0 aromatic carbocycles. The summed E-state index contributed by atoms with van der Waals surface area (Å²) in [6.45, 7) is 0. The molecule has 0 spiro atoms. The summed E-state index contributed by atoms with van der Waals surface area (Å²) in [4.78, 5) is 8.45. The fraction of sp³-hybridized carbons (Fsp3) is 0.429. The molecule has 4 nitrogen and oxygen atoms in total. The molecular weight excluding hydrogens is 220 g/mol. The largest absolute Gasteiger partial charge is 0.307 e. The third-order valence-electron chi connectivity index (χ3n) is 1.84. The van der Waals surface area contributed by atoms with Gasteiger partial charge >= 0.3 is 0 Å². The first-order valence-electron chi connectivity index (χ1n) is 3.80. The molecule has 0 amide bonds. The predicted octanol–water partition coefficient (Wildman–Crippen LogP) is 1.40. The summed E-state index contributed by atoms with van der Waals surface area (Å²) in [5.41, 5.74) is 2.52. The van der Waals surface area contributed by atoms with Crippen LogP contribution in [0.2, 0.25) is 0 Å². The number of anilines is 1. The first kappa shape index (κ1) is 7.94. The van der Waals surface area contributed by atoms with E-state index in [9.17, 15) is 0 Å². The third-order valence-corrected chi connectivity index (χ3v) is 2.42. The molecular formula is C7H9BrN4. The molecule has 0 bridgehead atoms. The summed E-state index contributed by atoms with van der Waals surface area (Å²) in [5, 5.41) is 0. The lowest BCUT2D eigenvalue weighted by Crippen LogP contribution is -2.10. The maximum Gasteiger partial charge on any atom is 0.158 e. The van der Waals surface area contributed by atoms with Crippen LogP contribution in [-0.4, -0.2) is 9.97 Å². The molecule has 3 N–H and O–H groups in total. The van der Waals surface area contributed by atoms with E-state index in [1.54, 1.807) is 6.20 Å². The van der Waals surface area contributed by atoms with Crippen molar-refractivity contribution in [3.05, 3.63) is 16.5 Å². The minimum Gasteiger partial charge on any atom is -0.307 e. The van der Waals surface area contributed by atoms with Crippen LogP contribution in [0.1, 0.15) is 24.6 Å². The topological polar surface area (TPSA) is 63.8 Å². The molecule has 1 aromatic rings. The second-order valence-corrected chi connectivity index (χ2v) is 3.70. The Morgan fingerprint density at radius 1 is 1.58 bits per heavy atom. The van der Waals surface area contributed by atoms with E-state index in [1.807, 2.05) is 0 Å². The van der Waals surface area contributed by atoms with Crippen molar-refractivity contribution in [2.24, 2.45) is 5.84 Å². The van der Waals surface area contributed by atoms with E-state index in [-0.39, 0.29) is 0 Å². The van der Waals surface area contributed by atoms with Gasteiger partial charge in [0.1, 0.15) is 5.82 Å². The van der Waals surface area contributed by atoms with Gasteiger partial charge in [-0.1, -0.05) is 0 Å². The Labute approximate surface area is 78.7 Å². The molecule has 1 fully saturated rings. The molecule has 1 heterocycles. The van der Waals surface area contributed by atoms with Crippen molar-refractivity contribution in [3.8, 4) is 0 Å². The first-order chi connectivity index (χ1) is 5.81. The second-order valence-electron chi connectivity index (χ2n) is 2.84. The highest BCUT2D eigenvalue weighted by Crippen LogP contribution is 2.38. The SMILES string of the molecule is NNc1nc(C2CC2)ncc1Br. The van der Waals surface area contributed by atoms with E-state index in [1.165, 1.54) is 12.8 Å². The van der Waals surface area contributed by atoms with E-state index in [0.29, 0.717) is 11.7 Å². The van der Waals surface area contributed by atoms with Crippen LogP contribution >= 0.6 is 15.9 Å². The minimum atomic E-state index is 0.560. The zero-order valence-electron chi connectivity index (χ0n) is 6.42. The van der Waals surface area contributed by atoms with Gasteiger partial charge < -0.3 is 5.43 Å². The number of rotatable bonds is 2. The van der Waals surface area contributed by atoms with Crippen LogP contribution in [-0.2, 0) is 0 Å². The maximum atomic E-state index is 5.27. The lowest BCUT2D eigenvalue weighted by atomic mass is 10.4. The number of nitrogens with one attached hydrogen (secondary N) is 1. The molecule has 0 saturated heterocycles. The van der Waals surface area contributed by atoms with Crippen LogP contribution in [0.3, 0.4) is 0 Å². The fourth-order valence-corrected chi connectivity index (χ4v) is 1.33. The van der Waals surface area contributed by atoms with E-state index in [2.05, 4.69) is 31.3 Å². The summed E-state index contributed by atoms with van der Waals surface area (Å²) < 4.78 is 0.800. The van der Waals surface area contributed by atoms with E-state index < -0.39 is 0 Å². The molecule has 5 heteroatoms. The van der Waals surface area contributed by atoms with Gasteiger partial charge in [-0.15, -0.1) is 0 Å². The van der Waals surface area contributed by atoms with E-state index >= 15 is 0 Å². The predicted molar refractivity (Wildman–Crippen MR) is 49.5 cm³/mol. The Morgan fingerprint density at radius 2 is 2.33 bits per heavy atom. The first-order valence-corrected chi connectivity index (χ1v) is 4.59. The zero-order valence-corrected chi connectivity index (χ0v) is 8.00. The van der Waals surface area contributed by atoms with Gasteiger partial charge in [0.25, 0.3) is 0 Å². The second kappa shape index (κ2) is 2.99. The highest BCUT2D eigenvalue weighted by Gasteiger charge is 2.26. The molecule has 1 saturated carbocycles. The van der Waals surface area contributed by atoms with Gasteiger partial charge in [0, 0.05) is 12.1 Å². The number of aromatic nitrogens is 2.